The molecule has 6 rings (SSSR count). The van der Waals surface area contributed by atoms with Gasteiger partial charge in [0.25, 0.3) is 5.91 Å². The van der Waals surface area contributed by atoms with Gasteiger partial charge >= 0.3 is 0 Å². The van der Waals surface area contributed by atoms with E-state index in [1.54, 1.807) is 17.3 Å². The van der Waals surface area contributed by atoms with E-state index >= 15 is 0 Å². The number of nitrogens with zero attached hydrogens (tertiary/aromatic N) is 3. The van der Waals surface area contributed by atoms with Gasteiger partial charge < -0.3 is 0 Å². The summed E-state index contributed by atoms with van der Waals surface area (Å²) in [5.41, 5.74) is 8.33. The summed E-state index contributed by atoms with van der Waals surface area (Å²) >= 11 is 1.50. The van der Waals surface area contributed by atoms with Gasteiger partial charge in [-0.15, -0.1) is 11.3 Å². The molecule has 0 saturated carbocycles. The minimum Gasteiger partial charge on any atom is -0.269 e. The predicted octanol–water partition coefficient (Wildman–Crippen LogP) is 7.66. The maximum Gasteiger partial charge on any atom is 0.261 e. The number of rotatable bonds is 6. The highest BCUT2D eigenvalue weighted by molar-refractivity contribution is 7.14. The van der Waals surface area contributed by atoms with E-state index in [2.05, 4.69) is 53.7 Å². The van der Waals surface area contributed by atoms with Crippen molar-refractivity contribution in [2.24, 2.45) is 0 Å². The van der Waals surface area contributed by atoms with Gasteiger partial charge in [0.15, 0.2) is 5.13 Å². The van der Waals surface area contributed by atoms with Gasteiger partial charge in [-0.25, -0.2) is 4.98 Å². The van der Waals surface area contributed by atoms with Crippen LogP contribution >= 0.6 is 11.3 Å². The predicted molar refractivity (Wildman–Crippen MR) is 151 cm³/mol. The number of aromatic nitrogens is 2. The van der Waals surface area contributed by atoms with Gasteiger partial charge in [-0.05, 0) is 58.2 Å². The van der Waals surface area contributed by atoms with Crippen LogP contribution in [0.25, 0.3) is 17.2 Å². The minimum absolute atomic E-state index is 0.0301. The molecule has 1 atom stereocenters. The van der Waals surface area contributed by atoms with Gasteiger partial charge in [-0.1, -0.05) is 73.7 Å². The van der Waals surface area contributed by atoms with Gasteiger partial charge in [-0.3, -0.25) is 14.7 Å². The molecule has 0 bridgehead atoms. The number of hydrogen-bond acceptors (Lipinski definition) is 4. The van der Waals surface area contributed by atoms with Gasteiger partial charge in [-0.2, -0.15) is 0 Å². The second-order valence-electron chi connectivity index (χ2n) is 9.16. The molecule has 0 saturated heterocycles. The van der Waals surface area contributed by atoms with Crippen LogP contribution in [0.5, 0.6) is 0 Å². The summed E-state index contributed by atoms with van der Waals surface area (Å²) in [5, 5.41) is 2.74. The van der Waals surface area contributed by atoms with Gasteiger partial charge in [0.1, 0.15) is 0 Å². The van der Waals surface area contributed by atoms with Crippen LogP contribution in [0.3, 0.4) is 0 Å². The zero-order valence-corrected chi connectivity index (χ0v) is 21.2. The van der Waals surface area contributed by atoms with E-state index in [4.69, 9.17) is 4.98 Å². The van der Waals surface area contributed by atoms with Crippen molar-refractivity contribution >= 4 is 34.1 Å². The normalized spacial score (nSPS) is 14.2. The highest BCUT2D eigenvalue weighted by Crippen LogP contribution is 2.39. The van der Waals surface area contributed by atoms with Crippen molar-refractivity contribution in [3.8, 4) is 11.1 Å². The molecule has 1 aliphatic rings. The lowest BCUT2D eigenvalue weighted by molar-refractivity contribution is -0.114. The van der Waals surface area contributed by atoms with Crippen LogP contribution in [0, 0.1) is 0 Å². The van der Waals surface area contributed by atoms with Crippen LogP contribution < -0.4 is 4.90 Å². The second kappa shape index (κ2) is 9.96. The van der Waals surface area contributed by atoms with Crippen molar-refractivity contribution < 1.29 is 4.79 Å². The highest BCUT2D eigenvalue weighted by Gasteiger charge is 2.31. The zero-order chi connectivity index (χ0) is 25.2. The third kappa shape index (κ3) is 4.61. The lowest BCUT2D eigenvalue weighted by Gasteiger charge is -2.22. The maximum absolute atomic E-state index is 14.0. The largest absolute Gasteiger partial charge is 0.269 e. The molecule has 4 nitrogen and oxygen atoms in total. The number of carbonyl (C=O) groups is 1. The Morgan fingerprint density at radius 2 is 1.57 bits per heavy atom. The van der Waals surface area contributed by atoms with Crippen molar-refractivity contribution in [2.45, 2.75) is 19.3 Å². The topological polar surface area (TPSA) is 46.1 Å². The van der Waals surface area contributed by atoms with E-state index in [-0.39, 0.29) is 11.8 Å². The fourth-order valence-corrected chi connectivity index (χ4v) is 5.65. The van der Waals surface area contributed by atoms with E-state index in [1.807, 2.05) is 60.7 Å². The maximum atomic E-state index is 14.0. The van der Waals surface area contributed by atoms with Crippen molar-refractivity contribution in [1.82, 2.24) is 9.97 Å². The molecule has 0 N–H and O–H groups in total. The first-order chi connectivity index (χ1) is 18.2. The molecule has 2 aromatic heterocycles. The van der Waals surface area contributed by atoms with Crippen molar-refractivity contribution in [3.63, 3.8) is 0 Å². The van der Waals surface area contributed by atoms with Crippen LogP contribution in [0.1, 0.15) is 35.2 Å². The fourth-order valence-electron chi connectivity index (χ4n) is 4.81. The van der Waals surface area contributed by atoms with Crippen LogP contribution in [0.15, 0.2) is 114 Å². The minimum atomic E-state index is -0.0301. The molecule has 3 aromatic carbocycles. The molecule has 1 aliphatic carbocycles. The number of amides is 1. The van der Waals surface area contributed by atoms with E-state index in [9.17, 15) is 4.79 Å². The average Bonchev–Trinajstić information content (AvgIpc) is 3.54. The number of anilines is 2. The van der Waals surface area contributed by atoms with Gasteiger partial charge in [0.2, 0.25) is 0 Å². The summed E-state index contributed by atoms with van der Waals surface area (Å²) < 4.78 is 0. The molecule has 0 spiro atoms. The van der Waals surface area contributed by atoms with Crippen LogP contribution in [-0.4, -0.2) is 15.9 Å². The molecule has 1 amide bonds. The Morgan fingerprint density at radius 3 is 2.32 bits per heavy atom. The quantitative estimate of drug-likeness (QED) is 0.241. The number of hydrogen-bond donors (Lipinski definition) is 0. The third-order valence-corrected chi connectivity index (χ3v) is 7.66. The van der Waals surface area contributed by atoms with Crippen molar-refractivity contribution in [2.75, 3.05) is 4.90 Å². The molecule has 5 aromatic rings. The molecule has 2 heterocycles. The molecule has 0 radical (unpaired) electrons. The number of pyridine rings is 1. The first kappa shape index (κ1) is 23.1. The van der Waals surface area contributed by atoms with Crippen molar-refractivity contribution in [3.05, 3.63) is 137 Å². The number of fused-ring (bicyclic) bond motifs is 1. The van der Waals surface area contributed by atoms with Gasteiger partial charge in [0, 0.05) is 35.7 Å². The fraction of sp³-hybridized carbons (Fsp3) is 0.0938. The van der Waals surface area contributed by atoms with Crippen LogP contribution in [-0.2, 0) is 11.2 Å². The summed E-state index contributed by atoms with van der Waals surface area (Å²) in [6.45, 7) is 2.10. The summed E-state index contributed by atoms with van der Waals surface area (Å²) in [5.74, 6) is 0.00533. The van der Waals surface area contributed by atoms with Gasteiger partial charge in [0.05, 0.1) is 11.4 Å². The first-order valence-electron chi connectivity index (χ1n) is 12.3. The summed E-state index contributed by atoms with van der Waals surface area (Å²) in [6.07, 6.45) is 6.34. The van der Waals surface area contributed by atoms with E-state index < -0.39 is 0 Å². The summed E-state index contributed by atoms with van der Waals surface area (Å²) in [6, 6.07) is 30.6. The number of benzene rings is 3. The van der Waals surface area contributed by atoms with Crippen LogP contribution in [0.4, 0.5) is 10.8 Å². The molecule has 0 fully saturated rings. The number of para-hydroxylation sites is 1. The van der Waals surface area contributed by atoms with E-state index in [0.29, 0.717) is 11.6 Å². The van der Waals surface area contributed by atoms with E-state index in [1.165, 1.54) is 22.5 Å². The lowest BCUT2D eigenvalue weighted by atomic mass is 9.97. The Labute approximate surface area is 220 Å². The Morgan fingerprint density at radius 1 is 0.865 bits per heavy atom. The SMILES string of the molecule is CC1C(C(=O)N(c2ccccc2)c2nc(Cc3ccc(-c4ccncc4)cc3)cs2)=Cc2ccccc21. The number of thiazole rings is 1. The Hall–Kier alpha value is -4.35. The standard InChI is InChI=1S/C32H25N3OS/c1-22-29-10-6-5-7-26(29)20-30(22)31(36)35(28-8-3-2-4-9-28)32-34-27(21-37-32)19-23-11-13-24(14-12-23)25-15-17-33-18-16-25/h2-18,20-22H,19H2,1H3. The van der Waals surface area contributed by atoms with E-state index in [0.717, 1.165) is 33.6 Å². The lowest BCUT2D eigenvalue weighted by Crippen LogP contribution is -2.28. The first-order valence-corrected chi connectivity index (χ1v) is 13.2. The molecular weight excluding hydrogens is 474 g/mol. The number of carbonyl (C=O) groups excluding carboxylic acids is 1. The monoisotopic (exact) mass is 499 g/mol. The second-order valence-corrected chi connectivity index (χ2v) is 9.99. The zero-order valence-electron chi connectivity index (χ0n) is 20.4. The molecule has 37 heavy (non-hydrogen) atoms. The Kier molecular flexibility index (Phi) is 6.21. The summed E-state index contributed by atoms with van der Waals surface area (Å²) in [4.78, 5) is 24.8. The average molecular weight is 500 g/mol. The van der Waals surface area contributed by atoms with Crippen molar-refractivity contribution in [1.29, 1.82) is 0 Å². The smallest absolute Gasteiger partial charge is 0.261 e. The van der Waals surface area contributed by atoms with Crippen LogP contribution in [0.2, 0.25) is 0 Å². The summed E-state index contributed by atoms with van der Waals surface area (Å²) in [7, 11) is 0. The molecule has 0 aliphatic heterocycles. The molecule has 5 heteroatoms. The highest BCUT2D eigenvalue weighted by atomic mass is 32.1. The molecule has 180 valence electrons. The molecular formula is C32H25N3OS. The third-order valence-electron chi connectivity index (χ3n) is 6.79. The Balaban J connectivity index is 1.27. The molecule has 1 unspecified atom stereocenters. The Bertz CT molecular complexity index is 1570.